The number of aromatic nitrogens is 8. The summed E-state index contributed by atoms with van der Waals surface area (Å²) in [5.74, 6) is -1.18. The molecular weight excluding hydrogens is 843 g/mol. The minimum absolute atomic E-state index is 0.217. The summed E-state index contributed by atoms with van der Waals surface area (Å²) in [6.07, 6.45) is 13.5. The summed E-state index contributed by atoms with van der Waals surface area (Å²) in [6.45, 7) is 3.79. The van der Waals surface area contributed by atoms with E-state index in [2.05, 4.69) is 49.9 Å². The summed E-state index contributed by atoms with van der Waals surface area (Å²) in [7, 11) is 0. The Kier molecular flexibility index (Phi) is 12.6. The van der Waals surface area contributed by atoms with Crippen molar-refractivity contribution < 1.29 is 27.9 Å². The normalized spacial score (nSPS) is 10.7. The number of hydrogen-bond donors (Lipinski definition) is 2. The van der Waals surface area contributed by atoms with E-state index in [4.69, 9.17) is 5.73 Å². The van der Waals surface area contributed by atoms with Gasteiger partial charge in [0, 0.05) is 114 Å². The molecule has 0 spiro atoms. The van der Waals surface area contributed by atoms with Crippen molar-refractivity contribution in [3.63, 3.8) is 0 Å². The van der Waals surface area contributed by atoms with Crippen LogP contribution in [0.25, 0.3) is 88.4 Å². The van der Waals surface area contributed by atoms with Crippen LogP contribution in [0.2, 0.25) is 0 Å². The lowest BCUT2D eigenvalue weighted by Gasteiger charge is -2.14. The van der Waals surface area contributed by atoms with Crippen LogP contribution in [0.1, 0.15) is 20.8 Å². The van der Waals surface area contributed by atoms with Crippen LogP contribution < -0.4 is 11.1 Å². The van der Waals surface area contributed by atoms with Crippen molar-refractivity contribution in [3.05, 3.63) is 158 Å². The molecule has 0 saturated heterocycles. The Bertz CT molecular complexity index is 3490. The molecule has 10 aromatic rings. The van der Waals surface area contributed by atoms with Gasteiger partial charge in [0.05, 0.1) is 11.4 Å². The number of anilines is 2. The molecule has 0 unspecified atom stereocenters. The van der Waals surface area contributed by atoms with E-state index in [-0.39, 0.29) is 17.5 Å². The van der Waals surface area contributed by atoms with Crippen LogP contribution in [0, 0.1) is 11.6 Å². The number of fused-ring (bicyclic) bond motifs is 4. The molecule has 8 aromatic heterocycles. The number of nitrogens with zero attached hydrogens (tertiary/aromatic N) is 8. The SMILES string of the molecule is CC(=O)Nc1ncc(-c2cc(-c3ccccc3F)nc3ncccc23)c2ccncc12.CC(=O)OC(C)=O.Nc1ncc(-c2cc(-c3ccccc3F)nc3ncccc23)c2ccncc12. The molecule has 0 bridgehead atoms. The monoisotopic (exact) mass is 878 g/mol. The number of benzene rings is 2. The largest absolute Gasteiger partial charge is 0.394 e. The maximum Gasteiger partial charge on any atom is 0.310 e. The Labute approximate surface area is 374 Å². The van der Waals surface area contributed by atoms with Gasteiger partial charge < -0.3 is 15.8 Å². The van der Waals surface area contributed by atoms with Crippen molar-refractivity contribution in [1.82, 2.24) is 39.9 Å². The zero-order valence-electron chi connectivity index (χ0n) is 35.4. The molecule has 66 heavy (non-hydrogen) atoms. The summed E-state index contributed by atoms with van der Waals surface area (Å²) in [4.78, 5) is 66.3. The van der Waals surface area contributed by atoms with Gasteiger partial charge in [-0.15, -0.1) is 0 Å². The van der Waals surface area contributed by atoms with Crippen molar-refractivity contribution in [2.75, 3.05) is 11.1 Å². The van der Waals surface area contributed by atoms with Crippen LogP contribution in [0.3, 0.4) is 0 Å². The van der Waals surface area contributed by atoms with Crippen LogP contribution >= 0.6 is 0 Å². The van der Waals surface area contributed by atoms with Crippen LogP contribution in [0.5, 0.6) is 0 Å². The summed E-state index contributed by atoms with van der Waals surface area (Å²) in [6, 6.07) is 28.1. The highest BCUT2D eigenvalue weighted by atomic mass is 19.1. The van der Waals surface area contributed by atoms with Gasteiger partial charge in [0.1, 0.15) is 23.3 Å². The number of esters is 2. The van der Waals surface area contributed by atoms with Gasteiger partial charge in [-0.05, 0) is 94.7 Å². The number of pyridine rings is 8. The maximum atomic E-state index is 14.5. The first-order valence-corrected chi connectivity index (χ1v) is 20.2. The number of ether oxygens (including phenoxy) is 1. The predicted octanol–water partition coefficient (Wildman–Crippen LogP) is 9.73. The first-order valence-electron chi connectivity index (χ1n) is 20.2. The summed E-state index contributed by atoms with van der Waals surface area (Å²) >= 11 is 0. The minimum atomic E-state index is -0.562. The fourth-order valence-corrected chi connectivity index (χ4v) is 7.26. The first-order chi connectivity index (χ1) is 32.0. The van der Waals surface area contributed by atoms with Crippen LogP contribution in [0.4, 0.5) is 20.4 Å². The Morgan fingerprint density at radius 2 is 0.985 bits per heavy atom. The Balaban J connectivity index is 0.000000158. The lowest BCUT2D eigenvalue weighted by molar-refractivity contribution is -0.156. The second kappa shape index (κ2) is 19.1. The quantitative estimate of drug-likeness (QED) is 0.122. The molecular formula is C50H36F2N10O4. The highest BCUT2D eigenvalue weighted by Gasteiger charge is 2.18. The van der Waals surface area contributed by atoms with Crippen molar-refractivity contribution in [1.29, 1.82) is 0 Å². The third-order valence-corrected chi connectivity index (χ3v) is 10.0. The van der Waals surface area contributed by atoms with Crippen LogP contribution in [-0.2, 0) is 19.1 Å². The van der Waals surface area contributed by atoms with Gasteiger partial charge in [-0.3, -0.25) is 24.4 Å². The number of carbonyl (C=O) groups is 3. The predicted molar refractivity (Wildman–Crippen MR) is 248 cm³/mol. The number of nitrogens with one attached hydrogen (secondary N) is 1. The van der Waals surface area contributed by atoms with E-state index in [1.807, 2.05) is 48.5 Å². The molecule has 8 heterocycles. The molecule has 0 aliphatic heterocycles. The van der Waals surface area contributed by atoms with E-state index in [1.54, 1.807) is 86.0 Å². The molecule has 14 nitrogen and oxygen atoms in total. The van der Waals surface area contributed by atoms with Crippen molar-refractivity contribution >= 4 is 73.1 Å². The van der Waals surface area contributed by atoms with E-state index in [1.165, 1.54) is 32.9 Å². The van der Waals surface area contributed by atoms with E-state index in [9.17, 15) is 23.2 Å². The molecule has 0 aliphatic rings. The molecule has 16 heteroatoms. The highest BCUT2D eigenvalue weighted by Crippen LogP contribution is 2.38. The average Bonchev–Trinajstić information content (AvgIpc) is 3.31. The van der Waals surface area contributed by atoms with Crippen LogP contribution in [0.15, 0.2) is 147 Å². The fourth-order valence-electron chi connectivity index (χ4n) is 7.26. The molecule has 0 aliphatic carbocycles. The molecule has 0 saturated carbocycles. The van der Waals surface area contributed by atoms with E-state index in [0.717, 1.165) is 49.2 Å². The molecule has 324 valence electrons. The summed E-state index contributed by atoms with van der Waals surface area (Å²) < 4.78 is 32.9. The number of amides is 1. The number of nitrogens with two attached hydrogens (primary N) is 1. The average molecular weight is 879 g/mol. The van der Waals surface area contributed by atoms with Crippen molar-refractivity contribution in [2.45, 2.75) is 20.8 Å². The van der Waals surface area contributed by atoms with E-state index >= 15 is 0 Å². The number of hydrogen-bond acceptors (Lipinski definition) is 13. The van der Waals surface area contributed by atoms with Crippen molar-refractivity contribution in [3.8, 4) is 44.8 Å². The van der Waals surface area contributed by atoms with Gasteiger partial charge in [-0.2, -0.15) is 0 Å². The maximum absolute atomic E-state index is 14.5. The van der Waals surface area contributed by atoms with E-state index in [0.29, 0.717) is 50.8 Å². The Morgan fingerprint density at radius 1 is 0.500 bits per heavy atom. The topological polar surface area (TPSA) is 202 Å². The number of carbonyl (C=O) groups excluding carboxylic acids is 3. The first kappa shape index (κ1) is 43.6. The van der Waals surface area contributed by atoms with Gasteiger partial charge in [0.2, 0.25) is 5.91 Å². The summed E-state index contributed by atoms with van der Waals surface area (Å²) in [5, 5.41) is 7.65. The van der Waals surface area contributed by atoms with Gasteiger partial charge in [0.25, 0.3) is 0 Å². The molecule has 10 rings (SSSR count). The Hall–Kier alpha value is -9.05. The van der Waals surface area contributed by atoms with Crippen molar-refractivity contribution in [2.24, 2.45) is 0 Å². The zero-order valence-corrected chi connectivity index (χ0v) is 35.4. The zero-order chi connectivity index (χ0) is 46.3. The highest BCUT2D eigenvalue weighted by molar-refractivity contribution is 6.09. The van der Waals surface area contributed by atoms with E-state index < -0.39 is 11.9 Å². The van der Waals surface area contributed by atoms with Gasteiger partial charge >= 0.3 is 11.9 Å². The number of rotatable bonds is 5. The minimum Gasteiger partial charge on any atom is -0.394 e. The Morgan fingerprint density at radius 3 is 1.47 bits per heavy atom. The molecule has 2 aromatic carbocycles. The summed E-state index contributed by atoms with van der Waals surface area (Å²) in [5.41, 5.74) is 12.2. The lowest BCUT2D eigenvalue weighted by atomic mass is 9.97. The molecule has 0 fully saturated rings. The number of halogens is 2. The molecule has 1 amide bonds. The standard InChI is InChI=1S/C24H16FN5O.C22H14FN5.C4H6O3/c1-14(31)29-24-20-12-26-10-8-15(20)19(13-28-24)18-11-22(17-5-2-3-7-21(17)25)30-23-16(18)6-4-9-27-23;23-19-6-2-1-4-15(19)20-10-16(14-5-3-8-26-22(14)28-20)17-12-27-21(24)18-11-25-9-7-13(17)18;1-3(5)7-4(2)6/h2-13H,1H3,(H,28,29,31);1-12H,(H2,24,27);1-2H3. The van der Waals surface area contributed by atoms with Gasteiger partial charge in [0.15, 0.2) is 11.3 Å². The fraction of sp³-hybridized carbons (Fsp3) is 0.0600. The smallest absolute Gasteiger partial charge is 0.310 e. The second-order valence-electron chi connectivity index (χ2n) is 14.5. The molecule has 0 atom stereocenters. The third kappa shape index (κ3) is 9.33. The third-order valence-electron chi connectivity index (χ3n) is 10.0. The molecule has 3 N–H and O–H groups in total. The van der Waals surface area contributed by atoms with Gasteiger partial charge in [-0.1, -0.05) is 24.3 Å². The van der Waals surface area contributed by atoms with Gasteiger partial charge in [-0.25, -0.2) is 38.7 Å². The number of nitrogen functional groups attached to an aromatic ring is 1. The van der Waals surface area contributed by atoms with Crippen LogP contribution in [-0.4, -0.2) is 57.7 Å². The molecule has 0 radical (unpaired) electrons. The second-order valence-corrected chi connectivity index (χ2v) is 14.5. The lowest BCUT2D eigenvalue weighted by Crippen LogP contribution is -2.08.